The number of hydrogen-bond donors (Lipinski definition) is 2. The molecule has 102 valence electrons. The van der Waals surface area contributed by atoms with Gasteiger partial charge in [0.15, 0.2) is 0 Å². The van der Waals surface area contributed by atoms with Crippen molar-refractivity contribution in [3.63, 3.8) is 0 Å². The Balaban J connectivity index is 2.25. The fourth-order valence-electron chi connectivity index (χ4n) is 1.45. The molecule has 0 atom stereocenters. The summed E-state index contributed by atoms with van der Waals surface area (Å²) in [5.74, 6) is -1.53. The molecule has 0 radical (unpaired) electrons. The van der Waals surface area contributed by atoms with Gasteiger partial charge in [-0.25, -0.2) is 9.78 Å². The highest BCUT2D eigenvalue weighted by molar-refractivity contribution is 9.10. The standard InChI is InChI=1S/C13H8BrClN2O3/c14-9-3-1-7(13(19)20)5-11(9)17-12(18)10-4-2-8(15)6-16-10/h1-6H,(H,17,18)(H,19,20). The van der Waals surface area contributed by atoms with Crippen LogP contribution in [0.1, 0.15) is 20.8 Å². The minimum atomic E-state index is -1.07. The van der Waals surface area contributed by atoms with Crippen LogP contribution in [-0.4, -0.2) is 22.0 Å². The molecule has 1 aromatic heterocycles. The second-order valence-electron chi connectivity index (χ2n) is 3.82. The maximum Gasteiger partial charge on any atom is 0.335 e. The molecule has 0 fully saturated rings. The van der Waals surface area contributed by atoms with E-state index in [1.54, 1.807) is 12.1 Å². The molecule has 0 aliphatic carbocycles. The van der Waals surface area contributed by atoms with E-state index in [1.165, 1.54) is 24.4 Å². The summed E-state index contributed by atoms with van der Waals surface area (Å²) in [6.45, 7) is 0. The van der Waals surface area contributed by atoms with Crippen molar-refractivity contribution in [1.29, 1.82) is 0 Å². The predicted octanol–water partition coefficient (Wildman–Crippen LogP) is 3.45. The number of rotatable bonds is 3. The maximum atomic E-state index is 12.0. The highest BCUT2D eigenvalue weighted by Gasteiger charge is 2.12. The summed E-state index contributed by atoms with van der Waals surface area (Å²) in [5.41, 5.74) is 0.612. The van der Waals surface area contributed by atoms with Gasteiger partial charge >= 0.3 is 5.97 Å². The Bertz CT molecular complexity index is 674. The first-order valence-electron chi connectivity index (χ1n) is 5.43. The monoisotopic (exact) mass is 354 g/mol. The lowest BCUT2D eigenvalue weighted by Crippen LogP contribution is -2.14. The van der Waals surface area contributed by atoms with E-state index >= 15 is 0 Å². The first-order chi connectivity index (χ1) is 9.47. The number of nitrogens with zero attached hydrogens (tertiary/aromatic N) is 1. The predicted molar refractivity (Wildman–Crippen MR) is 78.3 cm³/mol. The molecule has 0 saturated carbocycles. The van der Waals surface area contributed by atoms with Crippen LogP contribution in [0.2, 0.25) is 5.02 Å². The summed E-state index contributed by atoms with van der Waals surface area (Å²) in [6, 6.07) is 7.37. The molecule has 0 aliphatic rings. The van der Waals surface area contributed by atoms with E-state index in [2.05, 4.69) is 26.2 Å². The minimum absolute atomic E-state index is 0.0764. The van der Waals surface area contributed by atoms with E-state index in [4.69, 9.17) is 16.7 Å². The second kappa shape index (κ2) is 6.02. The molecule has 7 heteroatoms. The van der Waals surface area contributed by atoms with Crippen molar-refractivity contribution in [2.45, 2.75) is 0 Å². The Labute approximate surface area is 127 Å². The zero-order valence-electron chi connectivity index (χ0n) is 9.93. The van der Waals surface area contributed by atoms with Crippen molar-refractivity contribution in [1.82, 2.24) is 4.98 Å². The van der Waals surface area contributed by atoms with Gasteiger partial charge in [-0.3, -0.25) is 4.79 Å². The van der Waals surface area contributed by atoms with Gasteiger partial charge in [0, 0.05) is 10.7 Å². The van der Waals surface area contributed by atoms with Crippen LogP contribution in [0.15, 0.2) is 41.0 Å². The topological polar surface area (TPSA) is 79.3 Å². The smallest absolute Gasteiger partial charge is 0.335 e. The number of anilines is 1. The molecule has 5 nitrogen and oxygen atoms in total. The minimum Gasteiger partial charge on any atom is -0.478 e. The van der Waals surface area contributed by atoms with Crippen LogP contribution >= 0.6 is 27.5 Å². The van der Waals surface area contributed by atoms with Crippen molar-refractivity contribution in [2.24, 2.45) is 0 Å². The SMILES string of the molecule is O=C(O)c1ccc(Br)c(NC(=O)c2ccc(Cl)cn2)c1. The summed E-state index contributed by atoms with van der Waals surface area (Å²) < 4.78 is 0.574. The summed E-state index contributed by atoms with van der Waals surface area (Å²) >= 11 is 8.93. The molecular weight excluding hydrogens is 348 g/mol. The van der Waals surface area contributed by atoms with Gasteiger partial charge < -0.3 is 10.4 Å². The average Bonchev–Trinajstić information content (AvgIpc) is 2.41. The molecule has 0 saturated heterocycles. The maximum absolute atomic E-state index is 12.0. The van der Waals surface area contributed by atoms with Gasteiger partial charge in [-0.05, 0) is 46.3 Å². The highest BCUT2D eigenvalue weighted by Crippen LogP contribution is 2.24. The Morgan fingerprint density at radius 3 is 2.60 bits per heavy atom. The fraction of sp³-hybridized carbons (Fsp3) is 0. The van der Waals surface area contributed by atoms with Gasteiger partial charge in [-0.1, -0.05) is 11.6 Å². The molecule has 1 amide bonds. The molecule has 2 N–H and O–H groups in total. The molecule has 2 aromatic rings. The highest BCUT2D eigenvalue weighted by atomic mass is 79.9. The number of aromatic carboxylic acids is 1. The third-order valence-electron chi connectivity index (χ3n) is 2.42. The van der Waals surface area contributed by atoms with Crippen molar-refractivity contribution in [3.05, 3.63) is 57.3 Å². The normalized spacial score (nSPS) is 10.1. The molecule has 0 aliphatic heterocycles. The average molecular weight is 356 g/mol. The molecule has 2 rings (SSSR count). The number of carbonyl (C=O) groups excluding carboxylic acids is 1. The number of nitrogens with one attached hydrogen (secondary N) is 1. The fourth-order valence-corrected chi connectivity index (χ4v) is 1.91. The first kappa shape index (κ1) is 14.5. The van der Waals surface area contributed by atoms with E-state index in [0.717, 1.165) is 0 Å². The molecular formula is C13H8BrClN2O3. The summed E-state index contributed by atoms with van der Waals surface area (Å²) in [4.78, 5) is 26.8. The van der Waals surface area contributed by atoms with E-state index in [-0.39, 0.29) is 11.3 Å². The number of hydrogen-bond acceptors (Lipinski definition) is 3. The number of carbonyl (C=O) groups is 2. The number of pyridine rings is 1. The van der Waals surface area contributed by atoms with Crippen molar-refractivity contribution >= 4 is 45.1 Å². The number of amides is 1. The van der Waals surface area contributed by atoms with Gasteiger partial charge in [0.25, 0.3) is 5.91 Å². The third-order valence-corrected chi connectivity index (χ3v) is 3.34. The van der Waals surface area contributed by atoms with E-state index < -0.39 is 11.9 Å². The van der Waals surface area contributed by atoms with Crippen molar-refractivity contribution < 1.29 is 14.7 Å². The molecule has 1 aromatic carbocycles. The molecule has 0 spiro atoms. The first-order valence-corrected chi connectivity index (χ1v) is 6.60. The van der Waals surface area contributed by atoms with Gasteiger partial charge in [0.1, 0.15) is 5.69 Å². The number of carboxylic acids is 1. The van der Waals surface area contributed by atoms with Crippen LogP contribution in [0.5, 0.6) is 0 Å². The quantitative estimate of drug-likeness (QED) is 0.884. The lowest BCUT2D eigenvalue weighted by Gasteiger charge is -2.08. The van der Waals surface area contributed by atoms with Gasteiger partial charge in [0.05, 0.1) is 16.3 Å². The molecule has 0 unspecified atom stereocenters. The number of aromatic nitrogens is 1. The van der Waals surface area contributed by atoms with Crippen LogP contribution in [0.3, 0.4) is 0 Å². The second-order valence-corrected chi connectivity index (χ2v) is 5.11. The van der Waals surface area contributed by atoms with Gasteiger partial charge in [-0.15, -0.1) is 0 Å². The zero-order chi connectivity index (χ0) is 14.7. The lowest BCUT2D eigenvalue weighted by atomic mass is 10.2. The summed E-state index contributed by atoms with van der Waals surface area (Å²) in [6.07, 6.45) is 1.36. The summed E-state index contributed by atoms with van der Waals surface area (Å²) in [5, 5.41) is 11.9. The van der Waals surface area contributed by atoms with Crippen molar-refractivity contribution in [3.8, 4) is 0 Å². The van der Waals surface area contributed by atoms with Gasteiger partial charge in [-0.2, -0.15) is 0 Å². The molecule has 1 heterocycles. The van der Waals surface area contributed by atoms with Crippen LogP contribution in [0.25, 0.3) is 0 Å². The van der Waals surface area contributed by atoms with E-state index in [9.17, 15) is 9.59 Å². The largest absolute Gasteiger partial charge is 0.478 e. The van der Waals surface area contributed by atoms with E-state index in [0.29, 0.717) is 15.2 Å². The third kappa shape index (κ3) is 3.34. The number of benzene rings is 1. The Morgan fingerprint density at radius 1 is 1.25 bits per heavy atom. The Kier molecular flexibility index (Phi) is 4.36. The van der Waals surface area contributed by atoms with Crippen molar-refractivity contribution in [2.75, 3.05) is 5.32 Å². The Morgan fingerprint density at radius 2 is 2.00 bits per heavy atom. The van der Waals surface area contributed by atoms with Crippen LogP contribution in [0.4, 0.5) is 5.69 Å². The molecule has 20 heavy (non-hydrogen) atoms. The van der Waals surface area contributed by atoms with Gasteiger partial charge in [0.2, 0.25) is 0 Å². The lowest BCUT2D eigenvalue weighted by molar-refractivity contribution is 0.0696. The number of halogens is 2. The Hall–Kier alpha value is -1.92. The summed E-state index contributed by atoms with van der Waals surface area (Å²) in [7, 11) is 0. The molecule has 0 bridgehead atoms. The van der Waals surface area contributed by atoms with Crippen LogP contribution in [0, 0.1) is 0 Å². The van der Waals surface area contributed by atoms with Crippen LogP contribution in [-0.2, 0) is 0 Å². The van der Waals surface area contributed by atoms with E-state index in [1.807, 2.05) is 0 Å². The van der Waals surface area contributed by atoms with Crippen LogP contribution < -0.4 is 5.32 Å². The zero-order valence-corrected chi connectivity index (χ0v) is 12.3. The number of carboxylic acid groups (broad SMARTS) is 1.